The summed E-state index contributed by atoms with van der Waals surface area (Å²) < 4.78 is 5.92. The molecule has 3 fully saturated rings. The van der Waals surface area contributed by atoms with Crippen molar-refractivity contribution < 1.29 is 9.84 Å². The second-order valence-corrected chi connectivity index (χ2v) is 7.26. The van der Waals surface area contributed by atoms with E-state index < -0.39 is 5.60 Å². The topological polar surface area (TPSA) is 32.7 Å². The Morgan fingerprint density at radius 2 is 1.60 bits per heavy atom. The highest BCUT2D eigenvalue weighted by Gasteiger charge is 2.45. The summed E-state index contributed by atoms with van der Waals surface area (Å²) in [7, 11) is 0. The summed E-state index contributed by atoms with van der Waals surface area (Å²) in [4.78, 5) is 2.35. The Hall–Kier alpha value is -2.10. The van der Waals surface area contributed by atoms with E-state index >= 15 is 0 Å². The van der Waals surface area contributed by atoms with Crippen molar-refractivity contribution in [3.8, 4) is 5.75 Å². The highest BCUT2D eigenvalue weighted by atomic mass is 16.5. The van der Waals surface area contributed by atoms with Gasteiger partial charge in [-0.25, -0.2) is 0 Å². The maximum Gasteiger partial charge on any atom is 0.119 e. The first kappa shape index (κ1) is 16.4. The Bertz CT molecular complexity index is 717. The SMILES string of the molecule is OC1(COc2ccc(C=Cc3ccccc3)cc2)CN2CCC1CC2. The van der Waals surface area contributed by atoms with Gasteiger partial charge in [0.25, 0.3) is 0 Å². The summed E-state index contributed by atoms with van der Waals surface area (Å²) in [5, 5.41) is 10.9. The van der Waals surface area contributed by atoms with Crippen LogP contribution in [0.5, 0.6) is 5.75 Å². The predicted octanol–water partition coefficient (Wildman–Crippen LogP) is 3.69. The van der Waals surface area contributed by atoms with Gasteiger partial charge in [0.2, 0.25) is 0 Å². The lowest BCUT2D eigenvalue weighted by Gasteiger charge is -2.49. The van der Waals surface area contributed by atoms with Crippen LogP contribution in [0.25, 0.3) is 12.2 Å². The Morgan fingerprint density at radius 3 is 2.20 bits per heavy atom. The van der Waals surface area contributed by atoms with E-state index in [9.17, 15) is 5.11 Å². The van der Waals surface area contributed by atoms with Crippen molar-refractivity contribution in [2.75, 3.05) is 26.2 Å². The van der Waals surface area contributed by atoms with E-state index in [1.165, 1.54) is 5.56 Å². The van der Waals surface area contributed by atoms with Gasteiger partial charge in [-0.2, -0.15) is 0 Å². The van der Waals surface area contributed by atoms with Crippen LogP contribution < -0.4 is 4.74 Å². The first-order valence-electron chi connectivity index (χ1n) is 9.12. The summed E-state index contributed by atoms with van der Waals surface area (Å²) in [6.45, 7) is 3.37. The minimum Gasteiger partial charge on any atom is -0.491 e. The van der Waals surface area contributed by atoms with Gasteiger partial charge >= 0.3 is 0 Å². The third-order valence-electron chi connectivity index (χ3n) is 5.48. The summed E-state index contributed by atoms with van der Waals surface area (Å²) in [6.07, 6.45) is 6.37. The zero-order valence-electron chi connectivity index (χ0n) is 14.5. The minimum absolute atomic E-state index is 0.380. The molecular weight excluding hydrogens is 310 g/mol. The normalized spacial score (nSPS) is 28.4. The quantitative estimate of drug-likeness (QED) is 0.846. The van der Waals surface area contributed by atoms with Crippen molar-refractivity contribution in [1.29, 1.82) is 0 Å². The van der Waals surface area contributed by atoms with Gasteiger partial charge in [0.15, 0.2) is 0 Å². The molecule has 3 aliphatic rings. The van der Waals surface area contributed by atoms with Gasteiger partial charge in [-0.3, -0.25) is 0 Å². The van der Waals surface area contributed by atoms with Crippen molar-refractivity contribution in [3.05, 3.63) is 65.7 Å². The van der Waals surface area contributed by atoms with Gasteiger partial charge in [-0.15, -0.1) is 0 Å². The maximum atomic E-state index is 10.9. The van der Waals surface area contributed by atoms with Gasteiger partial charge in [0.05, 0.1) is 0 Å². The van der Waals surface area contributed by atoms with Crippen LogP contribution in [0.2, 0.25) is 0 Å². The maximum absolute atomic E-state index is 10.9. The molecule has 3 heteroatoms. The van der Waals surface area contributed by atoms with Crippen LogP contribution in [0.15, 0.2) is 54.6 Å². The second kappa shape index (κ2) is 7.03. The smallest absolute Gasteiger partial charge is 0.119 e. The van der Waals surface area contributed by atoms with Gasteiger partial charge in [-0.1, -0.05) is 54.6 Å². The molecule has 3 aliphatic heterocycles. The average Bonchev–Trinajstić information content (AvgIpc) is 2.67. The summed E-state index contributed by atoms with van der Waals surface area (Å²) in [5.74, 6) is 1.20. The lowest BCUT2D eigenvalue weighted by Crippen LogP contribution is -2.61. The number of rotatable bonds is 5. The van der Waals surface area contributed by atoms with Crippen molar-refractivity contribution in [3.63, 3.8) is 0 Å². The van der Waals surface area contributed by atoms with Crippen molar-refractivity contribution >= 4 is 12.2 Å². The molecule has 5 rings (SSSR count). The van der Waals surface area contributed by atoms with Crippen LogP contribution in [-0.4, -0.2) is 41.8 Å². The molecule has 0 aliphatic carbocycles. The van der Waals surface area contributed by atoms with Gasteiger partial charge < -0.3 is 14.7 Å². The molecule has 3 nitrogen and oxygen atoms in total. The predicted molar refractivity (Wildman–Crippen MR) is 101 cm³/mol. The third kappa shape index (κ3) is 3.78. The van der Waals surface area contributed by atoms with Gasteiger partial charge in [-0.05, 0) is 55.1 Å². The lowest BCUT2D eigenvalue weighted by molar-refractivity contribution is -0.131. The molecule has 1 N–H and O–H groups in total. The molecule has 2 aromatic rings. The summed E-state index contributed by atoms with van der Waals surface area (Å²) in [6, 6.07) is 18.3. The van der Waals surface area contributed by atoms with E-state index in [-0.39, 0.29) is 0 Å². The largest absolute Gasteiger partial charge is 0.491 e. The molecule has 1 unspecified atom stereocenters. The molecule has 0 saturated carbocycles. The first-order chi connectivity index (χ1) is 12.2. The van der Waals surface area contributed by atoms with E-state index in [4.69, 9.17) is 4.74 Å². The molecule has 25 heavy (non-hydrogen) atoms. The molecule has 0 amide bonds. The van der Waals surface area contributed by atoms with Crippen LogP contribution in [0.3, 0.4) is 0 Å². The number of ether oxygens (including phenoxy) is 1. The van der Waals surface area contributed by atoms with Gasteiger partial charge in [0, 0.05) is 6.54 Å². The molecule has 3 heterocycles. The van der Waals surface area contributed by atoms with Crippen LogP contribution in [0.1, 0.15) is 24.0 Å². The number of aliphatic hydroxyl groups is 1. The minimum atomic E-state index is -0.692. The molecule has 0 aromatic heterocycles. The summed E-state index contributed by atoms with van der Waals surface area (Å²) in [5.41, 5.74) is 1.63. The molecule has 0 spiro atoms. The molecular formula is C22H25NO2. The molecule has 2 aromatic carbocycles. The van der Waals surface area contributed by atoms with Crippen LogP contribution in [-0.2, 0) is 0 Å². The van der Waals surface area contributed by atoms with Crippen molar-refractivity contribution in [1.82, 2.24) is 4.90 Å². The first-order valence-corrected chi connectivity index (χ1v) is 9.12. The monoisotopic (exact) mass is 335 g/mol. The fourth-order valence-electron chi connectivity index (χ4n) is 3.95. The summed E-state index contributed by atoms with van der Waals surface area (Å²) >= 11 is 0. The molecule has 0 radical (unpaired) electrons. The number of fused-ring (bicyclic) bond motifs is 3. The Kier molecular flexibility index (Phi) is 4.60. The number of benzene rings is 2. The highest BCUT2D eigenvalue weighted by Crippen LogP contribution is 2.36. The number of hydrogen-bond acceptors (Lipinski definition) is 3. The fraction of sp³-hybridized carbons (Fsp3) is 0.364. The number of hydrogen-bond donors (Lipinski definition) is 1. The molecule has 1 atom stereocenters. The van der Waals surface area contributed by atoms with E-state index in [2.05, 4.69) is 41.3 Å². The molecule has 130 valence electrons. The zero-order chi connectivity index (χ0) is 17.1. The van der Waals surface area contributed by atoms with E-state index in [0.29, 0.717) is 12.5 Å². The second-order valence-electron chi connectivity index (χ2n) is 7.26. The van der Waals surface area contributed by atoms with Crippen molar-refractivity contribution in [2.24, 2.45) is 5.92 Å². The van der Waals surface area contributed by atoms with E-state index in [1.54, 1.807) is 0 Å². The Labute approximate surface area is 149 Å². The zero-order valence-corrected chi connectivity index (χ0v) is 14.5. The average molecular weight is 335 g/mol. The molecule has 3 saturated heterocycles. The fourth-order valence-corrected chi connectivity index (χ4v) is 3.95. The van der Waals surface area contributed by atoms with Crippen molar-refractivity contribution in [2.45, 2.75) is 18.4 Å². The number of nitrogens with zero attached hydrogens (tertiary/aromatic N) is 1. The number of piperidine rings is 3. The van der Waals surface area contributed by atoms with E-state index in [1.807, 2.05) is 30.3 Å². The third-order valence-corrected chi connectivity index (χ3v) is 5.48. The Balaban J connectivity index is 1.35. The lowest BCUT2D eigenvalue weighted by atomic mass is 9.76. The van der Waals surface area contributed by atoms with Gasteiger partial charge in [0.1, 0.15) is 18.0 Å². The highest BCUT2D eigenvalue weighted by molar-refractivity contribution is 5.69. The van der Waals surface area contributed by atoms with Crippen LogP contribution >= 0.6 is 0 Å². The van der Waals surface area contributed by atoms with Crippen LogP contribution in [0.4, 0.5) is 0 Å². The standard InChI is InChI=1S/C22H25NO2/c24-22(16-23-14-12-20(22)13-15-23)17-25-21-10-8-19(9-11-21)7-6-18-4-2-1-3-5-18/h1-11,20,24H,12-17H2. The molecule has 2 bridgehead atoms. The van der Waals surface area contributed by atoms with Crippen LogP contribution in [0, 0.1) is 5.92 Å². The Morgan fingerprint density at radius 1 is 0.960 bits per heavy atom. The van der Waals surface area contributed by atoms with E-state index in [0.717, 1.165) is 43.8 Å².